The Balaban J connectivity index is 0.00000380. The number of rotatable bonds is 10. The number of ketones is 1. The van der Waals surface area contributed by atoms with Gasteiger partial charge in [0.2, 0.25) is 15.8 Å². The van der Waals surface area contributed by atoms with Crippen LogP contribution in [0.25, 0.3) is 0 Å². The number of nitrogens with zero attached hydrogens (tertiary/aromatic N) is 2. The van der Waals surface area contributed by atoms with Gasteiger partial charge in [-0.25, -0.2) is 26.9 Å². The third-order valence-corrected chi connectivity index (χ3v) is 9.30. The number of benzene rings is 1. The fourth-order valence-electron chi connectivity index (χ4n) is 4.67. The van der Waals surface area contributed by atoms with Gasteiger partial charge in [0.25, 0.3) is 0 Å². The van der Waals surface area contributed by atoms with Crippen LogP contribution in [0.2, 0.25) is 0 Å². The molecule has 206 valence electrons. The first-order valence-electron chi connectivity index (χ1n) is 12.3. The molecule has 13 heteroatoms. The normalized spacial score (nSPS) is 20.4. The van der Waals surface area contributed by atoms with Gasteiger partial charge in [-0.15, -0.1) is 12.4 Å². The Morgan fingerprint density at radius 2 is 1.76 bits per heavy atom. The predicted octanol–water partition coefficient (Wildman–Crippen LogP) is 4.16. The summed E-state index contributed by atoms with van der Waals surface area (Å²) in [5.74, 6) is -2.56. The van der Waals surface area contributed by atoms with Gasteiger partial charge in [-0.2, -0.15) is 0 Å². The minimum atomic E-state index is -3.31. The van der Waals surface area contributed by atoms with Crippen LogP contribution in [0.1, 0.15) is 66.8 Å². The minimum Gasteiger partial charge on any atom is -0.382 e. The van der Waals surface area contributed by atoms with Gasteiger partial charge in [0.15, 0.2) is 5.13 Å². The molecule has 37 heavy (non-hydrogen) atoms. The van der Waals surface area contributed by atoms with Crippen molar-refractivity contribution in [3.05, 3.63) is 39.8 Å². The molecule has 4 rings (SSSR count). The highest BCUT2D eigenvalue weighted by atomic mass is 35.5. The summed E-state index contributed by atoms with van der Waals surface area (Å²) >= 11 is 0.969. The molecular formula is C24H34ClF2N5O3S2. The highest BCUT2D eigenvalue weighted by Gasteiger charge is 2.28. The summed E-state index contributed by atoms with van der Waals surface area (Å²) in [6, 6.07) is 2.33. The van der Waals surface area contributed by atoms with Crippen molar-refractivity contribution < 1.29 is 22.0 Å². The van der Waals surface area contributed by atoms with E-state index in [-0.39, 0.29) is 46.9 Å². The summed E-state index contributed by atoms with van der Waals surface area (Å²) in [5.41, 5.74) is 5.81. The maximum atomic E-state index is 14.8. The fraction of sp³-hybridized carbons (Fsp3) is 0.583. The predicted molar refractivity (Wildman–Crippen MR) is 145 cm³/mol. The monoisotopic (exact) mass is 577 g/mol. The molecule has 1 saturated carbocycles. The molecule has 0 unspecified atom stereocenters. The van der Waals surface area contributed by atoms with Crippen LogP contribution in [0, 0.1) is 17.6 Å². The zero-order chi connectivity index (χ0) is 26.0. The van der Waals surface area contributed by atoms with Crippen LogP contribution in [0.4, 0.5) is 19.7 Å². The van der Waals surface area contributed by atoms with Gasteiger partial charge in [0, 0.05) is 18.6 Å². The van der Waals surface area contributed by atoms with E-state index in [4.69, 9.17) is 5.73 Å². The van der Waals surface area contributed by atoms with E-state index >= 15 is 0 Å². The summed E-state index contributed by atoms with van der Waals surface area (Å²) in [6.07, 6.45) is 3.82. The molecule has 1 aliphatic heterocycles. The number of likely N-dealkylation sites (tertiary alicyclic amines) is 1. The number of aromatic nitrogens is 1. The van der Waals surface area contributed by atoms with Gasteiger partial charge in [0.1, 0.15) is 22.3 Å². The Hall–Kier alpha value is -1.86. The Morgan fingerprint density at radius 3 is 2.30 bits per heavy atom. The number of carbonyl (C=O) groups is 1. The zero-order valence-electron chi connectivity index (χ0n) is 20.9. The number of anilines is 2. The van der Waals surface area contributed by atoms with Crippen molar-refractivity contribution in [1.29, 1.82) is 0 Å². The van der Waals surface area contributed by atoms with Crippen LogP contribution in [0.15, 0.2) is 12.1 Å². The molecule has 8 nitrogen and oxygen atoms in total. The molecule has 0 amide bonds. The number of sulfonamides is 1. The largest absolute Gasteiger partial charge is 0.382 e. The number of nitrogen functional groups attached to an aromatic ring is 1. The second-order valence-electron chi connectivity index (χ2n) is 10.1. The van der Waals surface area contributed by atoms with E-state index in [2.05, 4.69) is 19.9 Å². The van der Waals surface area contributed by atoms with Crippen molar-refractivity contribution in [1.82, 2.24) is 14.6 Å². The summed E-state index contributed by atoms with van der Waals surface area (Å²) in [4.78, 5) is 19.2. The summed E-state index contributed by atoms with van der Waals surface area (Å²) < 4.78 is 56.7. The molecule has 2 aromatic rings. The number of nitrogens with one attached hydrogen (secondary N) is 2. The summed E-state index contributed by atoms with van der Waals surface area (Å²) in [5, 5.41) is 3.64. The van der Waals surface area contributed by atoms with Crippen molar-refractivity contribution in [2.75, 3.05) is 29.9 Å². The first kappa shape index (κ1) is 29.7. The molecule has 2 fully saturated rings. The average molecular weight is 578 g/mol. The van der Waals surface area contributed by atoms with Crippen molar-refractivity contribution >= 4 is 50.5 Å². The third kappa shape index (κ3) is 7.60. The van der Waals surface area contributed by atoms with Crippen LogP contribution < -0.4 is 15.8 Å². The number of thiazole rings is 1. The first-order chi connectivity index (χ1) is 17.0. The molecule has 4 N–H and O–H groups in total. The second kappa shape index (κ2) is 12.3. The van der Waals surface area contributed by atoms with E-state index in [1.807, 2.05) is 13.8 Å². The Bertz CT molecular complexity index is 1190. The van der Waals surface area contributed by atoms with Crippen molar-refractivity contribution in [3.8, 4) is 0 Å². The molecule has 0 spiro atoms. The second-order valence-corrected chi connectivity index (χ2v) is 12.9. The Labute approximate surface area is 226 Å². The Morgan fingerprint density at radius 1 is 1.16 bits per heavy atom. The number of nitrogens with two attached hydrogens (primary N) is 1. The molecule has 0 atom stereocenters. The number of halogens is 3. The topological polar surface area (TPSA) is 117 Å². The van der Waals surface area contributed by atoms with Crippen LogP contribution in [0.3, 0.4) is 0 Å². The van der Waals surface area contributed by atoms with Gasteiger partial charge in [0.05, 0.1) is 11.3 Å². The number of hydrogen-bond acceptors (Lipinski definition) is 8. The Kier molecular flexibility index (Phi) is 9.90. The third-order valence-electron chi connectivity index (χ3n) is 6.50. The minimum absolute atomic E-state index is 0. The standard InChI is InChI=1S/C24H33F2N5O3S2.ClH/c1-14(2)13-36(33,34)30-17-6-4-16(5-7-17)28-24-29-23(27)22(35-24)21(32)20-18(25)10-15(11-19(20)26)12-31-8-3-9-31;/h10-11,14,16-17,30H,3-9,12-13,27H2,1-2H3,(H,28,29);1H. The van der Waals surface area contributed by atoms with Gasteiger partial charge in [-0.3, -0.25) is 9.69 Å². The maximum Gasteiger partial charge on any atom is 0.212 e. The quantitative estimate of drug-likeness (QED) is 0.363. The molecule has 1 saturated heterocycles. The lowest BCUT2D eigenvalue weighted by atomic mass is 9.92. The van der Waals surface area contributed by atoms with Crippen LogP contribution in [-0.2, 0) is 16.6 Å². The van der Waals surface area contributed by atoms with Crippen LogP contribution >= 0.6 is 23.7 Å². The molecule has 1 aliphatic carbocycles. The van der Waals surface area contributed by atoms with E-state index in [9.17, 15) is 22.0 Å². The molecular weight excluding hydrogens is 544 g/mol. The van der Waals surface area contributed by atoms with Gasteiger partial charge < -0.3 is 11.1 Å². The summed E-state index contributed by atoms with van der Waals surface area (Å²) in [6.45, 7) is 5.97. The lowest BCUT2D eigenvalue weighted by Crippen LogP contribution is -2.41. The lowest BCUT2D eigenvalue weighted by molar-refractivity contribution is 0.103. The molecule has 0 radical (unpaired) electrons. The SMILES string of the molecule is CC(C)CS(=O)(=O)NC1CCC(Nc2nc(N)c(C(=O)c3c(F)cc(CN4CCC4)cc3F)s2)CC1.Cl. The molecule has 1 aromatic carbocycles. The lowest BCUT2D eigenvalue weighted by Gasteiger charge is -2.30. The average Bonchev–Trinajstić information content (AvgIpc) is 3.10. The maximum absolute atomic E-state index is 14.8. The van der Waals surface area contributed by atoms with E-state index in [0.29, 0.717) is 42.9 Å². The summed E-state index contributed by atoms with van der Waals surface area (Å²) in [7, 11) is -3.31. The highest BCUT2D eigenvalue weighted by Crippen LogP contribution is 2.32. The molecule has 2 heterocycles. The van der Waals surface area contributed by atoms with Crippen molar-refractivity contribution in [2.45, 2.75) is 64.6 Å². The number of hydrogen-bond donors (Lipinski definition) is 3. The van der Waals surface area contributed by atoms with E-state index in [1.54, 1.807) is 0 Å². The van der Waals surface area contributed by atoms with E-state index in [0.717, 1.165) is 30.8 Å². The fourth-order valence-corrected chi connectivity index (χ4v) is 7.30. The molecule has 0 bridgehead atoms. The van der Waals surface area contributed by atoms with Gasteiger partial charge in [-0.1, -0.05) is 25.2 Å². The van der Waals surface area contributed by atoms with E-state index < -0.39 is 33.0 Å². The smallest absolute Gasteiger partial charge is 0.212 e. The van der Waals surface area contributed by atoms with Crippen LogP contribution in [0.5, 0.6) is 0 Å². The molecule has 2 aliphatic rings. The van der Waals surface area contributed by atoms with E-state index in [1.165, 1.54) is 12.1 Å². The number of carbonyl (C=O) groups excluding carboxylic acids is 1. The highest BCUT2D eigenvalue weighted by molar-refractivity contribution is 7.89. The first-order valence-corrected chi connectivity index (χ1v) is 14.8. The zero-order valence-corrected chi connectivity index (χ0v) is 23.4. The van der Waals surface area contributed by atoms with Crippen molar-refractivity contribution in [3.63, 3.8) is 0 Å². The van der Waals surface area contributed by atoms with Gasteiger partial charge in [-0.05, 0) is 68.8 Å². The van der Waals surface area contributed by atoms with Crippen molar-refractivity contribution in [2.24, 2.45) is 5.92 Å². The van der Waals surface area contributed by atoms with Crippen LogP contribution in [-0.4, -0.2) is 55.0 Å². The van der Waals surface area contributed by atoms with Gasteiger partial charge >= 0.3 is 0 Å². The molecule has 1 aromatic heterocycles.